The van der Waals surface area contributed by atoms with Gasteiger partial charge in [0.15, 0.2) is 0 Å². The standard InChI is InChI=1S/C14H18N2OS/c1-10-5-2-3-6-11(10)9-16-13(17)14(12(15)18)7-4-8-14/h2-3,5-6H,4,7-9H2,1H3,(H2,15,18)(H,16,17). The first kappa shape index (κ1) is 13.0. The van der Waals surface area contributed by atoms with Crippen LogP contribution in [0.4, 0.5) is 0 Å². The summed E-state index contributed by atoms with van der Waals surface area (Å²) in [5, 5.41) is 2.96. The minimum absolute atomic E-state index is 0.0236. The number of aryl methyl sites for hydroxylation is 1. The van der Waals surface area contributed by atoms with Crippen LogP contribution in [0.1, 0.15) is 30.4 Å². The first-order valence-corrected chi connectivity index (χ1v) is 6.60. The minimum Gasteiger partial charge on any atom is -0.392 e. The van der Waals surface area contributed by atoms with E-state index in [2.05, 4.69) is 5.32 Å². The van der Waals surface area contributed by atoms with E-state index < -0.39 is 5.41 Å². The molecule has 0 saturated heterocycles. The number of carbonyl (C=O) groups excluding carboxylic acids is 1. The van der Waals surface area contributed by atoms with Crippen LogP contribution in [0.2, 0.25) is 0 Å². The largest absolute Gasteiger partial charge is 0.392 e. The molecule has 0 atom stereocenters. The lowest BCUT2D eigenvalue weighted by atomic mass is 9.68. The Morgan fingerprint density at radius 3 is 2.61 bits per heavy atom. The van der Waals surface area contributed by atoms with E-state index in [1.54, 1.807) is 0 Å². The number of nitrogens with one attached hydrogen (secondary N) is 1. The minimum atomic E-state index is -0.585. The van der Waals surface area contributed by atoms with Gasteiger partial charge in [-0.2, -0.15) is 0 Å². The van der Waals surface area contributed by atoms with Crippen molar-refractivity contribution in [2.45, 2.75) is 32.7 Å². The lowest BCUT2D eigenvalue weighted by molar-refractivity contribution is -0.131. The van der Waals surface area contributed by atoms with E-state index in [1.807, 2.05) is 31.2 Å². The van der Waals surface area contributed by atoms with Gasteiger partial charge in [-0.05, 0) is 30.9 Å². The summed E-state index contributed by atoms with van der Waals surface area (Å²) in [5.74, 6) is -0.0236. The van der Waals surface area contributed by atoms with Crippen LogP contribution in [0.25, 0.3) is 0 Å². The molecule has 0 radical (unpaired) electrons. The molecule has 0 spiro atoms. The summed E-state index contributed by atoms with van der Waals surface area (Å²) in [6.45, 7) is 2.57. The zero-order chi connectivity index (χ0) is 13.2. The van der Waals surface area contributed by atoms with Gasteiger partial charge in [0.1, 0.15) is 0 Å². The highest BCUT2D eigenvalue weighted by molar-refractivity contribution is 7.80. The van der Waals surface area contributed by atoms with Gasteiger partial charge < -0.3 is 11.1 Å². The van der Waals surface area contributed by atoms with Crippen LogP contribution in [0.3, 0.4) is 0 Å². The molecule has 18 heavy (non-hydrogen) atoms. The first-order valence-electron chi connectivity index (χ1n) is 6.19. The van der Waals surface area contributed by atoms with Crippen molar-refractivity contribution in [1.29, 1.82) is 0 Å². The van der Waals surface area contributed by atoms with E-state index >= 15 is 0 Å². The first-order chi connectivity index (χ1) is 8.56. The fourth-order valence-corrected chi connectivity index (χ4v) is 2.57. The van der Waals surface area contributed by atoms with E-state index in [4.69, 9.17) is 18.0 Å². The predicted octanol–water partition coefficient (Wildman–Crippen LogP) is 2.07. The van der Waals surface area contributed by atoms with Crippen LogP contribution in [-0.4, -0.2) is 10.9 Å². The Labute approximate surface area is 113 Å². The molecule has 3 nitrogen and oxygen atoms in total. The molecule has 1 aliphatic carbocycles. The summed E-state index contributed by atoms with van der Waals surface area (Å²) in [6, 6.07) is 8.02. The molecule has 1 aromatic carbocycles. The number of thiocarbonyl (C=S) groups is 1. The molecule has 1 fully saturated rings. The number of nitrogens with two attached hydrogens (primary N) is 1. The SMILES string of the molecule is Cc1ccccc1CNC(=O)C1(C(N)=S)CCC1. The van der Waals surface area contributed by atoms with Crippen molar-refractivity contribution in [3.05, 3.63) is 35.4 Å². The van der Waals surface area contributed by atoms with Crippen LogP contribution < -0.4 is 11.1 Å². The van der Waals surface area contributed by atoms with E-state index in [-0.39, 0.29) is 5.91 Å². The number of carbonyl (C=O) groups is 1. The maximum atomic E-state index is 12.2. The van der Waals surface area contributed by atoms with Gasteiger partial charge in [-0.15, -0.1) is 0 Å². The Kier molecular flexibility index (Phi) is 3.66. The summed E-state index contributed by atoms with van der Waals surface area (Å²) in [5.41, 5.74) is 7.42. The second-order valence-electron chi connectivity index (χ2n) is 4.91. The van der Waals surface area contributed by atoms with Crippen molar-refractivity contribution in [2.75, 3.05) is 0 Å². The predicted molar refractivity (Wildman–Crippen MR) is 76.1 cm³/mol. The van der Waals surface area contributed by atoms with Gasteiger partial charge in [0, 0.05) is 6.54 Å². The van der Waals surface area contributed by atoms with Crippen LogP contribution >= 0.6 is 12.2 Å². The molecule has 0 unspecified atom stereocenters. The lowest BCUT2D eigenvalue weighted by Crippen LogP contribution is -2.52. The molecular formula is C14H18N2OS. The molecule has 0 aromatic heterocycles. The molecule has 0 aliphatic heterocycles. The topological polar surface area (TPSA) is 55.1 Å². The highest BCUT2D eigenvalue weighted by Crippen LogP contribution is 2.41. The zero-order valence-corrected chi connectivity index (χ0v) is 11.3. The van der Waals surface area contributed by atoms with Crippen LogP contribution in [0.5, 0.6) is 0 Å². The number of benzene rings is 1. The number of rotatable bonds is 4. The quantitative estimate of drug-likeness (QED) is 0.817. The van der Waals surface area contributed by atoms with Crippen molar-refractivity contribution in [2.24, 2.45) is 11.1 Å². The second-order valence-corrected chi connectivity index (χ2v) is 5.35. The third-order valence-corrected chi connectivity index (χ3v) is 4.20. The summed E-state index contributed by atoms with van der Waals surface area (Å²) in [4.78, 5) is 12.5. The van der Waals surface area contributed by atoms with E-state index in [1.165, 1.54) is 5.56 Å². The Bertz CT molecular complexity index is 480. The molecule has 0 heterocycles. The van der Waals surface area contributed by atoms with Gasteiger partial charge in [0.2, 0.25) is 5.91 Å². The molecule has 2 rings (SSSR count). The maximum Gasteiger partial charge on any atom is 0.233 e. The molecule has 3 N–H and O–H groups in total. The smallest absolute Gasteiger partial charge is 0.233 e. The third-order valence-electron chi connectivity index (χ3n) is 3.81. The normalized spacial score (nSPS) is 16.7. The zero-order valence-electron chi connectivity index (χ0n) is 10.5. The number of hydrogen-bond donors (Lipinski definition) is 2. The van der Waals surface area contributed by atoms with Gasteiger partial charge in [-0.25, -0.2) is 0 Å². The summed E-state index contributed by atoms with van der Waals surface area (Å²) in [6.07, 6.45) is 2.58. The van der Waals surface area contributed by atoms with Gasteiger partial charge in [0.05, 0.1) is 10.4 Å². The average Bonchev–Trinajstić information content (AvgIpc) is 2.26. The fourth-order valence-electron chi connectivity index (χ4n) is 2.27. The van der Waals surface area contributed by atoms with Crippen molar-refractivity contribution < 1.29 is 4.79 Å². The molecule has 0 bridgehead atoms. The van der Waals surface area contributed by atoms with Crippen molar-refractivity contribution in [3.63, 3.8) is 0 Å². The van der Waals surface area contributed by atoms with Gasteiger partial charge in [-0.1, -0.05) is 42.9 Å². The Morgan fingerprint density at radius 1 is 1.44 bits per heavy atom. The summed E-state index contributed by atoms with van der Waals surface area (Å²) < 4.78 is 0. The van der Waals surface area contributed by atoms with E-state index in [0.29, 0.717) is 11.5 Å². The van der Waals surface area contributed by atoms with Crippen LogP contribution in [-0.2, 0) is 11.3 Å². The lowest BCUT2D eigenvalue weighted by Gasteiger charge is -2.39. The molecule has 1 aromatic rings. The second kappa shape index (κ2) is 5.06. The van der Waals surface area contributed by atoms with Gasteiger partial charge in [-0.3, -0.25) is 4.79 Å². The van der Waals surface area contributed by atoms with Crippen LogP contribution in [0.15, 0.2) is 24.3 Å². The Balaban J connectivity index is 2.01. The molecule has 96 valence electrons. The van der Waals surface area contributed by atoms with Crippen LogP contribution in [0, 0.1) is 12.3 Å². The van der Waals surface area contributed by atoms with E-state index in [9.17, 15) is 4.79 Å². The molecule has 4 heteroatoms. The summed E-state index contributed by atoms with van der Waals surface area (Å²) in [7, 11) is 0. The highest BCUT2D eigenvalue weighted by Gasteiger charge is 2.46. The molecular weight excluding hydrogens is 244 g/mol. The van der Waals surface area contributed by atoms with Crippen molar-refractivity contribution in [1.82, 2.24) is 5.32 Å². The maximum absolute atomic E-state index is 12.2. The van der Waals surface area contributed by atoms with Crippen molar-refractivity contribution in [3.8, 4) is 0 Å². The Hall–Kier alpha value is -1.42. The average molecular weight is 262 g/mol. The van der Waals surface area contributed by atoms with Crippen molar-refractivity contribution >= 4 is 23.1 Å². The highest BCUT2D eigenvalue weighted by atomic mass is 32.1. The van der Waals surface area contributed by atoms with E-state index in [0.717, 1.165) is 24.8 Å². The van der Waals surface area contributed by atoms with Gasteiger partial charge >= 0.3 is 0 Å². The molecule has 1 saturated carbocycles. The number of amides is 1. The molecule has 1 amide bonds. The third kappa shape index (κ3) is 2.25. The monoisotopic (exact) mass is 262 g/mol. The van der Waals surface area contributed by atoms with Gasteiger partial charge in [0.25, 0.3) is 0 Å². The Morgan fingerprint density at radius 2 is 2.11 bits per heavy atom. The fraction of sp³-hybridized carbons (Fsp3) is 0.429. The number of hydrogen-bond acceptors (Lipinski definition) is 2. The molecule has 1 aliphatic rings. The summed E-state index contributed by atoms with van der Waals surface area (Å²) >= 11 is 5.03.